The van der Waals surface area contributed by atoms with Gasteiger partial charge in [-0.3, -0.25) is 0 Å². The van der Waals surface area contributed by atoms with Crippen LogP contribution in [-0.4, -0.2) is 9.97 Å². The molecule has 0 aliphatic carbocycles. The smallest absolute Gasteiger partial charge is 0.113 e. The molecule has 15 heavy (non-hydrogen) atoms. The first-order valence-electron chi connectivity index (χ1n) is 5.29. The summed E-state index contributed by atoms with van der Waals surface area (Å²) in [4.78, 5) is 7.91. The summed E-state index contributed by atoms with van der Waals surface area (Å²) in [5.74, 6) is 1.01. The number of imidazole rings is 1. The molecule has 0 unspecified atom stereocenters. The molecule has 3 nitrogen and oxygen atoms in total. The lowest BCUT2D eigenvalue weighted by Crippen LogP contribution is -2.17. The third-order valence-electron chi connectivity index (χ3n) is 3.07. The van der Waals surface area contributed by atoms with Crippen LogP contribution in [0.4, 0.5) is 5.69 Å². The van der Waals surface area contributed by atoms with Crippen molar-refractivity contribution in [1.82, 2.24) is 9.97 Å². The Morgan fingerprint density at radius 1 is 1.40 bits per heavy atom. The molecular weight excluding hydrogens is 186 g/mol. The number of rotatable bonds is 2. The lowest BCUT2D eigenvalue weighted by Gasteiger charge is -2.18. The van der Waals surface area contributed by atoms with Crippen molar-refractivity contribution in [2.75, 3.05) is 5.73 Å². The summed E-state index contributed by atoms with van der Waals surface area (Å²) >= 11 is 0. The first-order valence-corrected chi connectivity index (χ1v) is 5.29. The van der Waals surface area contributed by atoms with E-state index in [1.807, 2.05) is 18.2 Å². The summed E-state index contributed by atoms with van der Waals surface area (Å²) in [5.41, 5.74) is 8.59. The highest BCUT2D eigenvalue weighted by Crippen LogP contribution is 2.27. The van der Waals surface area contributed by atoms with Crippen LogP contribution in [0.3, 0.4) is 0 Å². The normalized spacial score (nSPS) is 12.2. The van der Waals surface area contributed by atoms with E-state index in [4.69, 9.17) is 5.73 Å². The van der Waals surface area contributed by atoms with Crippen LogP contribution in [0, 0.1) is 0 Å². The molecular formula is C12H17N3. The molecule has 0 amide bonds. The van der Waals surface area contributed by atoms with Crippen molar-refractivity contribution in [3.05, 3.63) is 24.0 Å². The third-order valence-corrected chi connectivity index (χ3v) is 3.07. The van der Waals surface area contributed by atoms with Gasteiger partial charge in [0.2, 0.25) is 0 Å². The highest BCUT2D eigenvalue weighted by Gasteiger charge is 2.22. The van der Waals surface area contributed by atoms with Crippen molar-refractivity contribution in [1.29, 1.82) is 0 Å². The summed E-state index contributed by atoms with van der Waals surface area (Å²) in [6, 6.07) is 5.83. The van der Waals surface area contributed by atoms with E-state index >= 15 is 0 Å². The Morgan fingerprint density at radius 3 is 2.73 bits per heavy atom. The Bertz CT molecular complexity index is 483. The van der Waals surface area contributed by atoms with Gasteiger partial charge in [-0.1, -0.05) is 26.8 Å². The molecule has 0 spiro atoms. The maximum absolute atomic E-state index is 5.87. The molecule has 0 saturated heterocycles. The predicted octanol–water partition coefficient (Wildman–Crippen LogP) is 2.83. The number of anilines is 1. The second-order valence-corrected chi connectivity index (χ2v) is 4.57. The number of nitrogens with zero attached hydrogens (tertiary/aromatic N) is 1. The predicted molar refractivity (Wildman–Crippen MR) is 63.8 cm³/mol. The molecule has 0 aliphatic heterocycles. The van der Waals surface area contributed by atoms with Gasteiger partial charge in [0, 0.05) is 5.41 Å². The van der Waals surface area contributed by atoms with Gasteiger partial charge in [0.1, 0.15) is 11.3 Å². The van der Waals surface area contributed by atoms with Gasteiger partial charge >= 0.3 is 0 Å². The minimum absolute atomic E-state index is 0.0749. The number of hydrogen-bond acceptors (Lipinski definition) is 2. The largest absolute Gasteiger partial charge is 0.397 e. The lowest BCUT2D eigenvalue weighted by molar-refractivity contribution is 0.479. The second kappa shape index (κ2) is 3.26. The molecule has 0 aliphatic rings. The van der Waals surface area contributed by atoms with E-state index in [-0.39, 0.29) is 5.41 Å². The fraction of sp³-hybridized carbons (Fsp3) is 0.417. The van der Waals surface area contributed by atoms with Crippen LogP contribution < -0.4 is 5.73 Å². The number of fused-ring (bicyclic) bond motifs is 1. The van der Waals surface area contributed by atoms with E-state index in [0.29, 0.717) is 0 Å². The number of aromatic nitrogens is 2. The Kier molecular flexibility index (Phi) is 2.18. The minimum Gasteiger partial charge on any atom is -0.397 e. The number of benzene rings is 1. The van der Waals surface area contributed by atoms with Gasteiger partial charge in [0.15, 0.2) is 0 Å². The Morgan fingerprint density at radius 2 is 2.13 bits per heavy atom. The summed E-state index contributed by atoms with van der Waals surface area (Å²) in [5, 5.41) is 0. The number of aromatic amines is 1. The quantitative estimate of drug-likeness (QED) is 0.737. The molecule has 0 saturated carbocycles. The monoisotopic (exact) mass is 203 g/mol. The van der Waals surface area contributed by atoms with Gasteiger partial charge in [0.05, 0.1) is 11.2 Å². The van der Waals surface area contributed by atoms with Crippen LogP contribution >= 0.6 is 0 Å². The Labute approximate surface area is 89.7 Å². The van der Waals surface area contributed by atoms with Crippen LogP contribution in [-0.2, 0) is 5.41 Å². The van der Waals surface area contributed by atoms with E-state index < -0.39 is 0 Å². The van der Waals surface area contributed by atoms with E-state index in [1.165, 1.54) is 0 Å². The van der Waals surface area contributed by atoms with Gasteiger partial charge in [-0.15, -0.1) is 0 Å². The lowest BCUT2D eigenvalue weighted by atomic mass is 9.90. The number of hydrogen-bond donors (Lipinski definition) is 2. The fourth-order valence-electron chi connectivity index (χ4n) is 1.54. The number of nitrogen functional groups attached to an aromatic ring is 1. The van der Waals surface area contributed by atoms with Crippen LogP contribution in [0.25, 0.3) is 11.0 Å². The SMILES string of the molecule is CCC(C)(C)c1nc2c(N)cccc2[nH]1. The van der Waals surface area contributed by atoms with E-state index in [9.17, 15) is 0 Å². The van der Waals surface area contributed by atoms with Crippen molar-refractivity contribution in [3.8, 4) is 0 Å². The molecule has 3 heteroatoms. The molecule has 0 radical (unpaired) electrons. The molecule has 2 aromatic rings. The molecule has 0 fully saturated rings. The molecule has 1 heterocycles. The number of H-pyrrole nitrogens is 1. The maximum Gasteiger partial charge on any atom is 0.113 e. The summed E-state index contributed by atoms with van der Waals surface area (Å²) in [6.07, 6.45) is 1.05. The van der Waals surface area contributed by atoms with Crippen LogP contribution in [0.1, 0.15) is 33.0 Å². The van der Waals surface area contributed by atoms with E-state index in [2.05, 4.69) is 30.7 Å². The third kappa shape index (κ3) is 1.58. The molecule has 2 rings (SSSR count). The van der Waals surface area contributed by atoms with E-state index in [0.717, 1.165) is 29.0 Å². The molecule has 3 N–H and O–H groups in total. The second-order valence-electron chi connectivity index (χ2n) is 4.57. The first-order chi connectivity index (χ1) is 7.04. The van der Waals surface area contributed by atoms with Gasteiger partial charge < -0.3 is 10.7 Å². The van der Waals surface area contributed by atoms with Crippen LogP contribution in [0.5, 0.6) is 0 Å². The first kappa shape index (κ1) is 10.0. The molecule has 1 aromatic carbocycles. The standard InChI is InChI=1S/C12H17N3/c1-4-12(2,3)11-14-9-7-5-6-8(13)10(9)15-11/h5-7H,4,13H2,1-3H3,(H,14,15). The highest BCUT2D eigenvalue weighted by atomic mass is 14.9. The molecule has 80 valence electrons. The Balaban J connectivity index is 2.62. The Hall–Kier alpha value is -1.51. The topological polar surface area (TPSA) is 54.7 Å². The van der Waals surface area contributed by atoms with Crippen molar-refractivity contribution in [2.45, 2.75) is 32.6 Å². The summed E-state index contributed by atoms with van der Waals surface area (Å²) in [7, 11) is 0. The summed E-state index contributed by atoms with van der Waals surface area (Å²) < 4.78 is 0. The van der Waals surface area contributed by atoms with Gasteiger partial charge in [-0.2, -0.15) is 0 Å². The van der Waals surface area contributed by atoms with Crippen LogP contribution in [0.2, 0.25) is 0 Å². The number of nitrogens with two attached hydrogens (primary N) is 1. The minimum atomic E-state index is 0.0749. The van der Waals surface area contributed by atoms with Gasteiger partial charge in [0.25, 0.3) is 0 Å². The van der Waals surface area contributed by atoms with Crippen molar-refractivity contribution in [3.63, 3.8) is 0 Å². The molecule has 0 bridgehead atoms. The van der Waals surface area contributed by atoms with Crippen LogP contribution in [0.15, 0.2) is 18.2 Å². The zero-order valence-electron chi connectivity index (χ0n) is 9.46. The van der Waals surface area contributed by atoms with Crippen molar-refractivity contribution < 1.29 is 0 Å². The average molecular weight is 203 g/mol. The highest BCUT2D eigenvalue weighted by molar-refractivity contribution is 5.87. The molecule has 1 aromatic heterocycles. The molecule has 0 atom stereocenters. The zero-order valence-corrected chi connectivity index (χ0v) is 9.46. The van der Waals surface area contributed by atoms with E-state index in [1.54, 1.807) is 0 Å². The fourth-order valence-corrected chi connectivity index (χ4v) is 1.54. The summed E-state index contributed by atoms with van der Waals surface area (Å²) in [6.45, 7) is 6.53. The van der Waals surface area contributed by atoms with Gasteiger partial charge in [-0.25, -0.2) is 4.98 Å². The van der Waals surface area contributed by atoms with Crippen molar-refractivity contribution >= 4 is 16.7 Å². The average Bonchev–Trinajstić information content (AvgIpc) is 2.64. The van der Waals surface area contributed by atoms with Gasteiger partial charge in [-0.05, 0) is 18.6 Å². The number of nitrogens with one attached hydrogen (secondary N) is 1. The maximum atomic E-state index is 5.87. The zero-order chi connectivity index (χ0) is 11.1. The number of para-hydroxylation sites is 1. The van der Waals surface area contributed by atoms with Crippen molar-refractivity contribution in [2.24, 2.45) is 0 Å².